The normalized spacial score (nSPS) is 10.6. The second-order valence-electron chi connectivity index (χ2n) is 6.09. The zero-order valence-corrected chi connectivity index (χ0v) is 16.8. The van der Waals surface area contributed by atoms with Gasteiger partial charge in [0.1, 0.15) is 0 Å². The van der Waals surface area contributed by atoms with Gasteiger partial charge in [0, 0.05) is 17.1 Å². The molecular weight excluding hydrogens is 378 g/mol. The van der Waals surface area contributed by atoms with Crippen molar-refractivity contribution in [3.8, 4) is 17.2 Å². The van der Waals surface area contributed by atoms with Crippen molar-refractivity contribution in [1.29, 1.82) is 0 Å². The summed E-state index contributed by atoms with van der Waals surface area (Å²) in [5, 5.41) is 7.94. The van der Waals surface area contributed by atoms with E-state index >= 15 is 0 Å². The number of methoxy groups -OCH3 is 2. The van der Waals surface area contributed by atoms with Crippen molar-refractivity contribution in [3.63, 3.8) is 0 Å². The first kappa shape index (κ1) is 19.8. The van der Waals surface area contributed by atoms with E-state index in [0.29, 0.717) is 35.1 Å². The fourth-order valence-electron chi connectivity index (χ4n) is 3.10. The molecule has 0 unspecified atom stereocenters. The van der Waals surface area contributed by atoms with Crippen molar-refractivity contribution in [1.82, 2.24) is 15.1 Å². The van der Waals surface area contributed by atoms with Crippen LogP contribution in [0.15, 0.2) is 48.7 Å². The molecule has 0 saturated heterocycles. The summed E-state index contributed by atoms with van der Waals surface area (Å²) in [7, 11) is 3.16. The summed E-state index contributed by atoms with van der Waals surface area (Å²) in [5.41, 5.74) is 3.00. The molecule has 1 heterocycles. The molecule has 0 aliphatic carbocycles. The van der Waals surface area contributed by atoms with Gasteiger partial charge in [-0.25, -0.2) is 4.68 Å². The van der Waals surface area contributed by atoms with Crippen molar-refractivity contribution < 1.29 is 14.3 Å². The molecule has 3 aromatic rings. The predicted octanol–water partition coefficient (Wildman–Crippen LogP) is 4.04. The van der Waals surface area contributed by atoms with Gasteiger partial charge in [-0.15, -0.1) is 0 Å². The van der Waals surface area contributed by atoms with Crippen LogP contribution in [0.5, 0.6) is 11.5 Å². The van der Waals surface area contributed by atoms with Crippen molar-refractivity contribution >= 4 is 17.5 Å². The standard InChI is InChI=1S/C21H22ClN3O3/c1-4-18-17(13-24-25(18)16-9-6-8-15(22)11-16)21(26)23-12-14-7-5-10-19(27-2)20(14)28-3/h5-11,13H,4,12H2,1-3H3,(H,23,26). The lowest BCUT2D eigenvalue weighted by Gasteiger charge is -2.13. The third-order valence-electron chi connectivity index (χ3n) is 4.43. The number of ether oxygens (including phenoxy) is 2. The summed E-state index contributed by atoms with van der Waals surface area (Å²) < 4.78 is 12.5. The summed E-state index contributed by atoms with van der Waals surface area (Å²) >= 11 is 6.09. The van der Waals surface area contributed by atoms with Gasteiger partial charge in [0.2, 0.25) is 0 Å². The minimum Gasteiger partial charge on any atom is -0.493 e. The number of halogens is 1. The van der Waals surface area contributed by atoms with E-state index in [0.717, 1.165) is 16.9 Å². The van der Waals surface area contributed by atoms with Gasteiger partial charge in [0.15, 0.2) is 11.5 Å². The molecule has 28 heavy (non-hydrogen) atoms. The molecule has 0 aliphatic heterocycles. The maximum Gasteiger partial charge on any atom is 0.255 e. The maximum absolute atomic E-state index is 12.8. The zero-order valence-electron chi connectivity index (χ0n) is 16.0. The van der Waals surface area contributed by atoms with E-state index in [1.54, 1.807) is 31.2 Å². The highest BCUT2D eigenvalue weighted by Gasteiger charge is 2.18. The maximum atomic E-state index is 12.8. The van der Waals surface area contributed by atoms with Crippen molar-refractivity contribution in [2.75, 3.05) is 14.2 Å². The number of hydrogen-bond donors (Lipinski definition) is 1. The predicted molar refractivity (Wildman–Crippen MR) is 109 cm³/mol. The number of carbonyl (C=O) groups is 1. The summed E-state index contributed by atoms with van der Waals surface area (Å²) in [4.78, 5) is 12.8. The molecule has 0 radical (unpaired) electrons. The average Bonchev–Trinajstić information content (AvgIpc) is 3.15. The molecule has 1 amide bonds. The van der Waals surface area contributed by atoms with Crippen LogP contribution in [0.25, 0.3) is 5.69 Å². The third-order valence-corrected chi connectivity index (χ3v) is 4.66. The molecule has 7 heteroatoms. The van der Waals surface area contributed by atoms with E-state index in [-0.39, 0.29) is 5.91 Å². The Balaban J connectivity index is 1.83. The van der Waals surface area contributed by atoms with Crippen LogP contribution in [0.4, 0.5) is 0 Å². The van der Waals surface area contributed by atoms with Crippen LogP contribution in [0.1, 0.15) is 28.5 Å². The Labute approximate surface area is 169 Å². The van der Waals surface area contributed by atoms with Crippen LogP contribution in [0.3, 0.4) is 0 Å². The fourth-order valence-corrected chi connectivity index (χ4v) is 3.28. The topological polar surface area (TPSA) is 65.4 Å². The van der Waals surface area contributed by atoms with Gasteiger partial charge in [-0.3, -0.25) is 4.79 Å². The molecule has 6 nitrogen and oxygen atoms in total. The summed E-state index contributed by atoms with van der Waals surface area (Å²) in [5.74, 6) is 1.03. The van der Waals surface area contributed by atoms with E-state index in [1.807, 2.05) is 43.3 Å². The van der Waals surface area contributed by atoms with Crippen LogP contribution in [0.2, 0.25) is 5.02 Å². The molecule has 3 rings (SSSR count). The Morgan fingerprint density at radius 2 is 1.96 bits per heavy atom. The minimum atomic E-state index is -0.199. The lowest BCUT2D eigenvalue weighted by Crippen LogP contribution is -2.24. The molecule has 0 aliphatic rings. The lowest BCUT2D eigenvalue weighted by atomic mass is 10.1. The first-order valence-corrected chi connectivity index (χ1v) is 9.27. The van der Waals surface area contributed by atoms with Gasteiger partial charge in [0.25, 0.3) is 5.91 Å². The van der Waals surface area contributed by atoms with E-state index < -0.39 is 0 Å². The van der Waals surface area contributed by atoms with Crippen LogP contribution < -0.4 is 14.8 Å². The van der Waals surface area contributed by atoms with Crippen LogP contribution in [-0.4, -0.2) is 29.9 Å². The molecule has 0 bridgehead atoms. The van der Waals surface area contributed by atoms with E-state index in [4.69, 9.17) is 21.1 Å². The Hall–Kier alpha value is -2.99. The Kier molecular flexibility index (Phi) is 6.21. The Morgan fingerprint density at radius 3 is 2.64 bits per heavy atom. The first-order chi connectivity index (χ1) is 13.6. The van der Waals surface area contributed by atoms with Crippen LogP contribution in [-0.2, 0) is 13.0 Å². The molecule has 1 aromatic heterocycles. The Bertz CT molecular complexity index is 985. The van der Waals surface area contributed by atoms with Crippen LogP contribution in [0, 0.1) is 0 Å². The summed E-state index contributed by atoms with van der Waals surface area (Å²) in [6, 6.07) is 12.9. The third kappa shape index (κ3) is 3.97. The molecule has 146 valence electrons. The number of amides is 1. The van der Waals surface area contributed by atoms with Gasteiger partial charge in [-0.1, -0.05) is 36.7 Å². The average molecular weight is 400 g/mol. The number of nitrogens with one attached hydrogen (secondary N) is 1. The van der Waals surface area contributed by atoms with Gasteiger partial charge in [-0.2, -0.15) is 5.10 Å². The van der Waals surface area contributed by atoms with E-state index in [1.165, 1.54) is 0 Å². The molecule has 2 aromatic carbocycles. The molecule has 0 spiro atoms. The van der Waals surface area contributed by atoms with E-state index in [2.05, 4.69) is 10.4 Å². The van der Waals surface area contributed by atoms with E-state index in [9.17, 15) is 4.79 Å². The molecular formula is C21H22ClN3O3. The van der Waals surface area contributed by atoms with Crippen molar-refractivity contribution in [2.45, 2.75) is 19.9 Å². The second-order valence-corrected chi connectivity index (χ2v) is 6.52. The molecule has 0 fully saturated rings. The monoisotopic (exact) mass is 399 g/mol. The highest BCUT2D eigenvalue weighted by molar-refractivity contribution is 6.30. The summed E-state index contributed by atoms with van der Waals surface area (Å²) in [6.45, 7) is 2.30. The number of hydrogen-bond acceptors (Lipinski definition) is 4. The van der Waals surface area contributed by atoms with Crippen molar-refractivity contribution in [2.24, 2.45) is 0 Å². The quantitative estimate of drug-likeness (QED) is 0.651. The second kappa shape index (κ2) is 8.80. The SMILES string of the molecule is CCc1c(C(=O)NCc2cccc(OC)c2OC)cnn1-c1cccc(Cl)c1. The minimum absolute atomic E-state index is 0.199. The number of para-hydroxylation sites is 1. The first-order valence-electron chi connectivity index (χ1n) is 8.90. The molecule has 1 N–H and O–H groups in total. The largest absolute Gasteiger partial charge is 0.493 e. The van der Waals surface area contributed by atoms with Gasteiger partial charge >= 0.3 is 0 Å². The van der Waals surface area contributed by atoms with Crippen LogP contribution >= 0.6 is 11.6 Å². The van der Waals surface area contributed by atoms with Gasteiger partial charge in [-0.05, 0) is 30.7 Å². The number of carbonyl (C=O) groups excluding carboxylic acids is 1. The highest BCUT2D eigenvalue weighted by Crippen LogP contribution is 2.30. The summed E-state index contributed by atoms with van der Waals surface area (Å²) in [6.07, 6.45) is 2.23. The smallest absolute Gasteiger partial charge is 0.255 e. The Morgan fingerprint density at radius 1 is 1.18 bits per heavy atom. The highest BCUT2D eigenvalue weighted by atomic mass is 35.5. The lowest BCUT2D eigenvalue weighted by molar-refractivity contribution is 0.0949. The van der Waals surface area contributed by atoms with Crippen molar-refractivity contribution in [3.05, 3.63) is 70.5 Å². The fraction of sp³-hybridized carbons (Fsp3) is 0.238. The number of benzene rings is 2. The van der Waals surface area contributed by atoms with Gasteiger partial charge in [0.05, 0.1) is 37.4 Å². The zero-order chi connectivity index (χ0) is 20.1. The number of aromatic nitrogens is 2. The number of nitrogens with zero attached hydrogens (tertiary/aromatic N) is 2. The molecule has 0 saturated carbocycles. The molecule has 0 atom stereocenters. The number of rotatable bonds is 7. The van der Waals surface area contributed by atoms with Gasteiger partial charge < -0.3 is 14.8 Å².